The van der Waals surface area contributed by atoms with Crippen LogP contribution in [-0.4, -0.2) is 11.8 Å². The first-order chi connectivity index (χ1) is 9.22. The Labute approximate surface area is 111 Å². The molecule has 5 heteroatoms. The Morgan fingerprint density at radius 1 is 1.26 bits per heavy atom. The van der Waals surface area contributed by atoms with Crippen LogP contribution in [0.2, 0.25) is 0 Å². The van der Waals surface area contributed by atoms with Gasteiger partial charge in [0.2, 0.25) is 5.91 Å². The molecule has 2 aliphatic carbocycles. The van der Waals surface area contributed by atoms with Crippen molar-refractivity contribution >= 4 is 11.8 Å². The van der Waals surface area contributed by atoms with Gasteiger partial charge in [-0.25, -0.2) is 0 Å². The van der Waals surface area contributed by atoms with E-state index in [9.17, 15) is 9.59 Å². The van der Waals surface area contributed by atoms with E-state index in [-0.39, 0.29) is 11.7 Å². The average Bonchev–Trinajstić information content (AvgIpc) is 3.12. The van der Waals surface area contributed by atoms with Crippen LogP contribution in [0.15, 0.2) is 22.8 Å². The minimum Gasteiger partial charge on any atom is -0.459 e. The lowest BCUT2D eigenvalue weighted by Gasteiger charge is -2.20. The third kappa shape index (κ3) is 2.64. The molecule has 2 amide bonds. The Hall–Kier alpha value is -1.78. The topological polar surface area (TPSA) is 71.3 Å². The molecule has 0 radical (unpaired) electrons. The molecule has 3 atom stereocenters. The summed E-state index contributed by atoms with van der Waals surface area (Å²) in [6, 6.07) is 3.18. The van der Waals surface area contributed by atoms with E-state index < -0.39 is 5.91 Å². The van der Waals surface area contributed by atoms with Crippen LogP contribution < -0.4 is 10.9 Å². The number of nitrogens with one attached hydrogen (secondary N) is 2. The van der Waals surface area contributed by atoms with Gasteiger partial charge in [-0.3, -0.25) is 20.4 Å². The van der Waals surface area contributed by atoms with E-state index in [0.29, 0.717) is 12.3 Å². The van der Waals surface area contributed by atoms with Gasteiger partial charge in [0.15, 0.2) is 5.76 Å². The zero-order valence-corrected chi connectivity index (χ0v) is 10.7. The molecule has 2 fully saturated rings. The molecule has 2 saturated carbocycles. The van der Waals surface area contributed by atoms with Gasteiger partial charge in [0, 0.05) is 6.42 Å². The molecule has 0 unspecified atom stereocenters. The fourth-order valence-corrected chi connectivity index (χ4v) is 3.51. The molecular formula is C14H18N2O3. The second-order valence-corrected chi connectivity index (χ2v) is 5.62. The van der Waals surface area contributed by atoms with Gasteiger partial charge in [0.25, 0.3) is 0 Å². The second kappa shape index (κ2) is 5.07. The summed E-state index contributed by atoms with van der Waals surface area (Å²) in [5.74, 6) is 1.71. The highest BCUT2D eigenvalue weighted by molar-refractivity contribution is 5.92. The maximum Gasteiger partial charge on any atom is 0.305 e. The van der Waals surface area contributed by atoms with Gasteiger partial charge in [-0.1, -0.05) is 6.42 Å². The summed E-state index contributed by atoms with van der Waals surface area (Å²) in [4.78, 5) is 23.3. The van der Waals surface area contributed by atoms with Crippen LogP contribution in [0.3, 0.4) is 0 Å². The number of furan rings is 1. The summed E-state index contributed by atoms with van der Waals surface area (Å²) in [5.41, 5.74) is 4.83. The van der Waals surface area contributed by atoms with Crippen molar-refractivity contribution in [2.75, 3.05) is 0 Å². The molecule has 0 aromatic carbocycles. The first-order valence-corrected chi connectivity index (χ1v) is 6.85. The van der Waals surface area contributed by atoms with Gasteiger partial charge in [0.05, 0.1) is 6.26 Å². The molecule has 5 nitrogen and oxygen atoms in total. The lowest BCUT2D eigenvalue weighted by Crippen LogP contribution is -2.42. The summed E-state index contributed by atoms with van der Waals surface area (Å²) in [5, 5.41) is 0. The summed E-state index contributed by atoms with van der Waals surface area (Å²) in [6.45, 7) is 0. The molecule has 2 bridgehead atoms. The minimum atomic E-state index is -0.425. The van der Waals surface area contributed by atoms with Crippen LogP contribution in [0.25, 0.3) is 0 Å². The summed E-state index contributed by atoms with van der Waals surface area (Å²) in [6.07, 6.45) is 6.99. The van der Waals surface area contributed by atoms with Crippen molar-refractivity contribution in [3.63, 3.8) is 0 Å². The molecular weight excluding hydrogens is 244 g/mol. The van der Waals surface area contributed by atoms with Crippen LogP contribution in [0.5, 0.6) is 0 Å². The fourth-order valence-electron chi connectivity index (χ4n) is 3.51. The normalized spacial score (nSPS) is 28.3. The molecule has 1 heterocycles. The summed E-state index contributed by atoms with van der Waals surface area (Å²) >= 11 is 0. The number of hydrazine groups is 1. The Morgan fingerprint density at radius 3 is 2.79 bits per heavy atom. The van der Waals surface area contributed by atoms with Gasteiger partial charge < -0.3 is 4.42 Å². The van der Waals surface area contributed by atoms with E-state index in [1.807, 2.05) is 0 Å². The van der Waals surface area contributed by atoms with E-state index in [4.69, 9.17) is 4.42 Å². The Kier molecular flexibility index (Phi) is 3.27. The van der Waals surface area contributed by atoms with E-state index in [0.717, 1.165) is 11.8 Å². The highest BCUT2D eigenvalue weighted by Gasteiger charge is 2.40. The van der Waals surface area contributed by atoms with Crippen LogP contribution in [0, 0.1) is 17.8 Å². The monoisotopic (exact) mass is 262 g/mol. The summed E-state index contributed by atoms with van der Waals surface area (Å²) < 4.78 is 4.94. The maximum atomic E-state index is 11.8. The van der Waals surface area contributed by atoms with Crippen molar-refractivity contribution in [2.45, 2.75) is 32.1 Å². The van der Waals surface area contributed by atoms with Gasteiger partial charge >= 0.3 is 5.91 Å². The van der Waals surface area contributed by atoms with Crippen LogP contribution in [-0.2, 0) is 4.79 Å². The number of rotatable bonds is 3. The number of hydrogen-bond acceptors (Lipinski definition) is 3. The van der Waals surface area contributed by atoms with Crippen molar-refractivity contribution in [2.24, 2.45) is 17.8 Å². The molecule has 0 saturated heterocycles. The third-order valence-electron chi connectivity index (χ3n) is 4.39. The Morgan fingerprint density at radius 2 is 2.16 bits per heavy atom. The SMILES string of the molecule is O=C(C[C@@H]1C[C@@H]2CC[C@@H]1C2)NNC(=O)c1ccco1. The van der Waals surface area contributed by atoms with Crippen LogP contribution in [0.4, 0.5) is 0 Å². The molecule has 2 N–H and O–H groups in total. The predicted molar refractivity (Wildman–Crippen MR) is 67.9 cm³/mol. The van der Waals surface area contributed by atoms with E-state index in [1.54, 1.807) is 12.1 Å². The largest absolute Gasteiger partial charge is 0.459 e. The molecule has 19 heavy (non-hydrogen) atoms. The minimum absolute atomic E-state index is 0.113. The first-order valence-electron chi connectivity index (χ1n) is 6.85. The van der Waals surface area contributed by atoms with E-state index in [1.165, 1.54) is 31.9 Å². The summed E-state index contributed by atoms with van der Waals surface area (Å²) in [7, 11) is 0. The van der Waals surface area contributed by atoms with Crippen molar-refractivity contribution in [1.29, 1.82) is 0 Å². The quantitative estimate of drug-likeness (QED) is 0.817. The molecule has 1 aromatic rings. The number of carbonyl (C=O) groups excluding carboxylic acids is 2. The van der Waals surface area contributed by atoms with E-state index >= 15 is 0 Å². The van der Waals surface area contributed by atoms with Gasteiger partial charge in [-0.05, 0) is 49.1 Å². The molecule has 0 aliphatic heterocycles. The Balaban J connectivity index is 1.43. The van der Waals surface area contributed by atoms with Crippen molar-refractivity contribution in [1.82, 2.24) is 10.9 Å². The first kappa shape index (κ1) is 12.3. The average molecular weight is 262 g/mol. The highest BCUT2D eigenvalue weighted by atomic mass is 16.3. The lowest BCUT2D eigenvalue weighted by molar-refractivity contribution is -0.123. The molecule has 2 aliphatic rings. The highest BCUT2D eigenvalue weighted by Crippen LogP contribution is 2.49. The number of carbonyl (C=O) groups is 2. The number of amides is 2. The third-order valence-corrected chi connectivity index (χ3v) is 4.39. The number of fused-ring (bicyclic) bond motifs is 2. The standard InChI is InChI=1S/C14H18N2O3/c17-13(8-11-7-9-3-4-10(11)6-9)15-16-14(18)12-2-1-5-19-12/h1-2,5,9-11H,3-4,6-8H2,(H,15,17)(H,16,18)/t9-,10-,11+/m1/s1. The molecule has 0 spiro atoms. The van der Waals surface area contributed by atoms with Crippen LogP contribution >= 0.6 is 0 Å². The Bertz CT molecular complexity index is 469. The molecule has 3 rings (SSSR count). The van der Waals surface area contributed by atoms with Crippen molar-refractivity contribution < 1.29 is 14.0 Å². The van der Waals surface area contributed by atoms with E-state index in [2.05, 4.69) is 10.9 Å². The second-order valence-electron chi connectivity index (χ2n) is 5.62. The molecule has 102 valence electrons. The van der Waals surface area contributed by atoms with Gasteiger partial charge in [-0.2, -0.15) is 0 Å². The zero-order valence-electron chi connectivity index (χ0n) is 10.7. The lowest BCUT2D eigenvalue weighted by atomic mass is 9.86. The van der Waals surface area contributed by atoms with Crippen molar-refractivity contribution in [3.05, 3.63) is 24.2 Å². The molecule has 1 aromatic heterocycles. The predicted octanol–water partition coefficient (Wildman–Crippen LogP) is 1.87. The zero-order chi connectivity index (χ0) is 13.2. The number of hydrogen-bond donors (Lipinski definition) is 2. The van der Waals surface area contributed by atoms with Gasteiger partial charge in [-0.15, -0.1) is 0 Å². The smallest absolute Gasteiger partial charge is 0.305 e. The fraction of sp³-hybridized carbons (Fsp3) is 0.571. The maximum absolute atomic E-state index is 11.8. The van der Waals surface area contributed by atoms with Gasteiger partial charge in [0.1, 0.15) is 0 Å². The van der Waals surface area contributed by atoms with Crippen LogP contribution in [0.1, 0.15) is 42.7 Å². The van der Waals surface area contributed by atoms with Crippen molar-refractivity contribution in [3.8, 4) is 0 Å².